The van der Waals surface area contributed by atoms with Gasteiger partial charge in [0.05, 0.1) is 35.2 Å². The van der Waals surface area contributed by atoms with Crippen LogP contribution in [0.2, 0.25) is 0 Å². The van der Waals surface area contributed by atoms with Gasteiger partial charge < -0.3 is 9.66 Å². The van der Waals surface area contributed by atoms with Gasteiger partial charge >= 0.3 is 5.97 Å². The first-order chi connectivity index (χ1) is 11.0. The molecule has 118 valence electrons. The third-order valence-electron chi connectivity index (χ3n) is 3.92. The number of carboxylic acid groups (broad SMARTS) is 1. The monoisotopic (exact) mass is 329 g/mol. The molecule has 1 aliphatic heterocycles. The molecular formula is C17H15NO4S. The lowest BCUT2D eigenvalue weighted by molar-refractivity contribution is 0.0697. The molecule has 2 aromatic carbocycles. The molecule has 0 amide bonds. The Hall–Kier alpha value is -2.31. The van der Waals surface area contributed by atoms with Crippen LogP contribution in [0.3, 0.4) is 0 Å². The molecule has 0 saturated heterocycles. The van der Waals surface area contributed by atoms with E-state index < -0.39 is 22.6 Å². The lowest BCUT2D eigenvalue weighted by atomic mass is 9.98. The first-order valence-electron chi connectivity index (χ1n) is 7.09. The minimum absolute atomic E-state index is 0.0524. The van der Waals surface area contributed by atoms with Gasteiger partial charge in [-0.25, -0.2) is 4.79 Å². The number of Topliss-reactive ketones (excluding diaryl/α,β-unsaturated/α-hetero) is 1. The van der Waals surface area contributed by atoms with Crippen molar-refractivity contribution in [3.8, 4) is 0 Å². The minimum atomic E-state index is -1.50. The van der Waals surface area contributed by atoms with Crippen molar-refractivity contribution < 1.29 is 19.2 Å². The van der Waals surface area contributed by atoms with Gasteiger partial charge in [-0.05, 0) is 23.8 Å². The molecule has 2 aromatic rings. The minimum Gasteiger partial charge on any atom is -0.592 e. The Balaban J connectivity index is 2.00. The van der Waals surface area contributed by atoms with E-state index in [2.05, 4.69) is 0 Å². The highest BCUT2D eigenvalue weighted by Crippen LogP contribution is 2.33. The van der Waals surface area contributed by atoms with Gasteiger partial charge in [0.1, 0.15) is 0 Å². The molecule has 0 saturated carbocycles. The smallest absolute Gasteiger partial charge is 0.335 e. The SMILES string of the molecule is CN1c2ccc(C(=O)O)cc2C(=O)C(Cc2ccccc2)[S+]1[O-]. The highest BCUT2D eigenvalue weighted by atomic mass is 32.2. The Labute approximate surface area is 136 Å². The number of benzene rings is 2. The zero-order valence-corrected chi connectivity index (χ0v) is 13.2. The second kappa shape index (κ2) is 6.06. The lowest BCUT2D eigenvalue weighted by Gasteiger charge is -2.33. The summed E-state index contributed by atoms with van der Waals surface area (Å²) in [5, 5.41) is 8.40. The second-order valence-corrected chi connectivity index (χ2v) is 7.02. The van der Waals surface area contributed by atoms with Gasteiger partial charge in [0, 0.05) is 6.42 Å². The molecule has 6 heteroatoms. The van der Waals surface area contributed by atoms with Gasteiger partial charge in [-0.15, -0.1) is 0 Å². The van der Waals surface area contributed by atoms with Crippen LogP contribution < -0.4 is 4.31 Å². The van der Waals surface area contributed by atoms with Gasteiger partial charge in [0.15, 0.2) is 0 Å². The zero-order valence-electron chi connectivity index (χ0n) is 12.4. The molecule has 0 radical (unpaired) electrons. The molecule has 3 rings (SSSR count). The van der Waals surface area contributed by atoms with Gasteiger partial charge in [-0.3, -0.25) is 4.79 Å². The maximum absolute atomic E-state index is 12.7. The number of carbonyl (C=O) groups excluding carboxylic acids is 1. The van der Waals surface area contributed by atoms with Crippen LogP contribution in [0.4, 0.5) is 5.69 Å². The molecule has 2 unspecified atom stereocenters. The van der Waals surface area contributed by atoms with E-state index in [9.17, 15) is 14.1 Å². The molecule has 1 aliphatic rings. The Morgan fingerprint density at radius 3 is 2.61 bits per heavy atom. The number of carbonyl (C=O) groups is 2. The summed E-state index contributed by atoms with van der Waals surface area (Å²) < 4.78 is 14.2. The molecule has 0 spiro atoms. The number of ketones is 1. The topological polar surface area (TPSA) is 80.7 Å². The van der Waals surface area contributed by atoms with Crippen LogP contribution in [0.25, 0.3) is 0 Å². The van der Waals surface area contributed by atoms with Gasteiger partial charge in [-0.1, -0.05) is 30.3 Å². The molecular weight excluding hydrogens is 314 g/mol. The number of nitrogens with zero attached hydrogens (tertiary/aromatic N) is 1. The summed E-state index contributed by atoms with van der Waals surface area (Å²) in [5.41, 5.74) is 1.79. The summed E-state index contributed by atoms with van der Waals surface area (Å²) in [6, 6.07) is 13.7. The summed E-state index contributed by atoms with van der Waals surface area (Å²) in [7, 11) is 1.65. The average molecular weight is 329 g/mol. The number of hydrogen-bond acceptors (Lipinski definition) is 4. The third-order valence-corrected chi connectivity index (χ3v) is 5.52. The zero-order chi connectivity index (χ0) is 16.6. The van der Waals surface area contributed by atoms with Crippen molar-refractivity contribution in [3.05, 3.63) is 65.2 Å². The van der Waals surface area contributed by atoms with Crippen molar-refractivity contribution in [1.29, 1.82) is 0 Å². The van der Waals surface area contributed by atoms with E-state index in [-0.39, 0.29) is 11.3 Å². The lowest BCUT2D eigenvalue weighted by Crippen LogP contribution is -2.47. The normalized spacial score (nSPS) is 20.3. The predicted octanol–water partition coefficient (Wildman–Crippen LogP) is 2.29. The molecule has 23 heavy (non-hydrogen) atoms. The van der Waals surface area contributed by atoms with Crippen molar-refractivity contribution in [1.82, 2.24) is 0 Å². The van der Waals surface area contributed by atoms with E-state index in [0.717, 1.165) is 5.56 Å². The first-order valence-corrected chi connectivity index (χ1v) is 8.26. The molecule has 2 atom stereocenters. The standard InChI is InChI=1S/C17H15NO4S/c1-18-14-8-7-12(17(20)21)10-13(14)16(19)15(23(18)22)9-11-5-3-2-4-6-11/h2-8,10,15H,9H2,1H3,(H,20,21). The molecule has 1 N–H and O–H groups in total. The number of carboxylic acids is 1. The van der Waals surface area contributed by atoms with Crippen molar-refractivity contribution in [2.24, 2.45) is 0 Å². The summed E-state index contributed by atoms with van der Waals surface area (Å²) in [5.74, 6) is -1.36. The third kappa shape index (κ3) is 2.83. The Kier molecular flexibility index (Phi) is 4.11. The van der Waals surface area contributed by atoms with Crippen molar-refractivity contribution in [3.63, 3.8) is 0 Å². The number of fused-ring (bicyclic) bond motifs is 1. The highest BCUT2D eigenvalue weighted by Gasteiger charge is 2.42. The van der Waals surface area contributed by atoms with Gasteiger partial charge in [-0.2, -0.15) is 4.31 Å². The maximum atomic E-state index is 12.7. The van der Waals surface area contributed by atoms with E-state index in [0.29, 0.717) is 17.7 Å². The largest absolute Gasteiger partial charge is 0.592 e. The molecule has 0 bridgehead atoms. The molecule has 0 fully saturated rings. The number of hydrogen-bond donors (Lipinski definition) is 1. The Bertz CT molecular complexity index is 762. The number of anilines is 1. The van der Waals surface area contributed by atoms with Gasteiger partial charge in [0.2, 0.25) is 11.0 Å². The number of aromatic carboxylic acids is 1. The molecule has 1 heterocycles. The van der Waals surface area contributed by atoms with Crippen molar-refractivity contribution >= 4 is 28.8 Å². The fourth-order valence-electron chi connectivity index (χ4n) is 2.69. The fraction of sp³-hybridized carbons (Fsp3) is 0.176. The van der Waals surface area contributed by atoms with E-state index in [1.54, 1.807) is 7.05 Å². The summed E-state index contributed by atoms with van der Waals surface area (Å²) >= 11 is -1.50. The van der Waals surface area contributed by atoms with Crippen LogP contribution in [-0.2, 0) is 17.8 Å². The fourth-order valence-corrected chi connectivity index (χ4v) is 4.07. The van der Waals surface area contributed by atoms with E-state index in [1.165, 1.54) is 22.5 Å². The van der Waals surface area contributed by atoms with Crippen LogP contribution in [0.1, 0.15) is 26.3 Å². The van der Waals surface area contributed by atoms with Crippen LogP contribution in [0.15, 0.2) is 48.5 Å². The van der Waals surface area contributed by atoms with E-state index >= 15 is 0 Å². The average Bonchev–Trinajstić information content (AvgIpc) is 2.57. The van der Waals surface area contributed by atoms with Crippen LogP contribution >= 0.6 is 0 Å². The molecule has 0 aliphatic carbocycles. The molecule has 5 nitrogen and oxygen atoms in total. The van der Waals surface area contributed by atoms with Gasteiger partial charge in [0.25, 0.3) is 0 Å². The summed E-state index contributed by atoms with van der Waals surface area (Å²) in [6.45, 7) is 0. The predicted molar refractivity (Wildman–Crippen MR) is 88.2 cm³/mol. The Morgan fingerprint density at radius 2 is 1.96 bits per heavy atom. The maximum Gasteiger partial charge on any atom is 0.335 e. The van der Waals surface area contributed by atoms with Crippen LogP contribution in [0.5, 0.6) is 0 Å². The summed E-state index contributed by atoms with van der Waals surface area (Å²) in [4.78, 5) is 23.9. The summed E-state index contributed by atoms with van der Waals surface area (Å²) in [6.07, 6.45) is 0.355. The highest BCUT2D eigenvalue weighted by molar-refractivity contribution is 7.94. The quantitative estimate of drug-likeness (QED) is 0.874. The van der Waals surface area contributed by atoms with Crippen molar-refractivity contribution in [2.45, 2.75) is 11.7 Å². The molecule has 0 aromatic heterocycles. The number of rotatable bonds is 3. The Morgan fingerprint density at radius 1 is 1.26 bits per heavy atom. The second-order valence-electron chi connectivity index (χ2n) is 5.35. The first kappa shape index (κ1) is 15.6. The van der Waals surface area contributed by atoms with Crippen LogP contribution in [-0.4, -0.2) is 33.7 Å². The van der Waals surface area contributed by atoms with E-state index in [1.807, 2.05) is 30.3 Å². The van der Waals surface area contributed by atoms with Crippen LogP contribution in [0, 0.1) is 0 Å². The van der Waals surface area contributed by atoms with Crippen molar-refractivity contribution in [2.75, 3.05) is 11.4 Å². The van der Waals surface area contributed by atoms with E-state index in [4.69, 9.17) is 5.11 Å².